The zero-order chi connectivity index (χ0) is 17.8. The van der Waals surface area contributed by atoms with Crippen LogP contribution in [-0.4, -0.2) is 41.3 Å². The minimum atomic E-state index is -2.80. The number of nitrogens with two attached hydrogens (primary N) is 1. The summed E-state index contributed by atoms with van der Waals surface area (Å²) in [5.41, 5.74) is 6.07. The van der Waals surface area contributed by atoms with Crippen molar-refractivity contribution in [2.75, 3.05) is 0 Å². The summed E-state index contributed by atoms with van der Waals surface area (Å²) in [6, 6.07) is -1.52. The summed E-state index contributed by atoms with van der Waals surface area (Å²) in [7, 11) is 0. The molecular weight excluding hydrogens is 260 g/mol. The van der Waals surface area contributed by atoms with E-state index in [2.05, 4.69) is 5.32 Å². The lowest BCUT2D eigenvalue weighted by Gasteiger charge is -2.36. The van der Waals surface area contributed by atoms with Gasteiger partial charge in [-0.15, -0.1) is 0 Å². The first-order valence-corrected chi connectivity index (χ1v) is 6.76. The summed E-state index contributed by atoms with van der Waals surface area (Å²) in [6.45, 7) is 1.06. The number of nitrogens with one attached hydrogen (secondary N) is 1. The fourth-order valence-corrected chi connectivity index (χ4v) is 2.32. The molecule has 114 valence electrons. The fraction of sp³-hybridized carbons (Fsp3) is 0.714. The maximum atomic E-state index is 11.7. The Morgan fingerprint density at radius 1 is 1.60 bits per heavy atom. The van der Waals surface area contributed by atoms with Gasteiger partial charge in [0.2, 0.25) is 5.91 Å². The largest absolute Gasteiger partial charge is 0.478 e. The second-order valence-electron chi connectivity index (χ2n) is 4.90. The third-order valence-electron chi connectivity index (χ3n) is 3.47. The zero-order valence-electron chi connectivity index (χ0n) is 14.8. The molecule has 0 saturated carbocycles. The fourth-order valence-electron chi connectivity index (χ4n) is 2.32. The number of aliphatic carboxylic acids is 1. The number of hydrogen-bond donors (Lipinski definition) is 3. The normalized spacial score (nSPS) is 29.1. The van der Waals surface area contributed by atoms with Gasteiger partial charge in [-0.2, -0.15) is 0 Å². The van der Waals surface area contributed by atoms with Crippen molar-refractivity contribution in [3.8, 4) is 0 Å². The van der Waals surface area contributed by atoms with Gasteiger partial charge in [0.15, 0.2) is 0 Å². The molecule has 6 heteroatoms. The SMILES string of the molecule is [2H]C([2H])([2H])C(=O)N[C@@H]1[C@@H](N)CC(C(=O)O)=C[C@H]1OC(CC)CC. The van der Waals surface area contributed by atoms with Crippen LogP contribution in [0.25, 0.3) is 0 Å². The van der Waals surface area contributed by atoms with Crippen LogP contribution in [0.2, 0.25) is 0 Å². The van der Waals surface area contributed by atoms with Crippen LogP contribution >= 0.6 is 0 Å². The molecule has 1 amide bonds. The average molecular weight is 287 g/mol. The van der Waals surface area contributed by atoms with Gasteiger partial charge in [-0.1, -0.05) is 13.8 Å². The van der Waals surface area contributed by atoms with Crippen molar-refractivity contribution in [1.29, 1.82) is 0 Å². The second kappa shape index (κ2) is 7.40. The minimum Gasteiger partial charge on any atom is -0.478 e. The summed E-state index contributed by atoms with van der Waals surface area (Å²) in [5.74, 6) is -2.22. The van der Waals surface area contributed by atoms with E-state index >= 15 is 0 Å². The average Bonchev–Trinajstić information content (AvgIpc) is 2.45. The van der Waals surface area contributed by atoms with Gasteiger partial charge in [-0.05, 0) is 25.3 Å². The lowest BCUT2D eigenvalue weighted by atomic mass is 9.88. The summed E-state index contributed by atoms with van der Waals surface area (Å²) < 4.78 is 27.3. The molecule has 0 bridgehead atoms. The van der Waals surface area contributed by atoms with Crippen molar-refractivity contribution in [2.45, 2.75) is 64.3 Å². The number of amides is 1. The summed E-state index contributed by atoms with van der Waals surface area (Å²) in [4.78, 5) is 22.9. The molecule has 1 aliphatic rings. The van der Waals surface area contributed by atoms with Crippen LogP contribution in [-0.2, 0) is 14.3 Å². The molecule has 1 aliphatic carbocycles. The van der Waals surface area contributed by atoms with E-state index in [1.165, 1.54) is 6.08 Å². The van der Waals surface area contributed by atoms with E-state index in [0.717, 1.165) is 0 Å². The molecular formula is C14H24N2O4. The van der Waals surface area contributed by atoms with Gasteiger partial charge >= 0.3 is 5.97 Å². The molecule has 0 aromatic rings. The Hall–Kier alpha value is -1.40. The van der Waals surface area contributed by atoms with Gasteiger partial charge in [0.05, 0.1) is 18.2 Å². The molecule has 0 saturated heterocycles. The maximum Gasteiger partial charge on any atom is 0.331 e. The van der Waals surface area contributed by atoms with E-state index in [0.29, 0.717) is 12.8 Å². The number of carbonyl (C=O) groups excluding carboxylic acids is 1. The van der Waals surface area contributed by atoms with E-state index in [1.807, 2.05) is 13.8 Å². The topological polar surface area (TPSA) is 102 Å². The first-order valence-electron chi connectivity index (χ1n) is 8.26. The Balaban J connectivity index is 3.03. The van der Waals surface area contributed by atoms with Crippen molar-refractivity contribution >= 4 is 11.9 Å². The molecule has 0 fully saturated rings. The van der Waals surface area contributed by atoms with Crippen molar-refractivity contribution in [3.63, 3.8) is 0 Å². The Bertz CT molecular complexity index is 475. The van der Waals surface area contributed by atoms with Gasteiger partial charge in [0.1, 0.15) is 0 Å². The van der Waals surface area contributed by atoms with Crippen molar-refractivity contribution in [3.05, 3.63) is 11.6 Å². The van der Waals surface area contributed by atoms with Crippen LogP contribution in [0.3, 0.4) is 0 Å². The smallest absolute Gasteiger partial charge is 0.331 e. The predicted octanol–water partition coefficient (Wildman–Crippen LogP) is 0.807. The zero-order valence-corrected chi connectivity index (χ0v) is 11.8. The van der Waals surface area contributed by atoms with Crippen molar-refractivity contribution in [2.24, 2.45) is 5.73 Å². The van der Waals surface area contributed by atoms with Crippen LogP contribution in [0.15, 0.2) is 11.6 Å². The number of rotatable bonds is 6. The number of ether oxygens (including phenoxy) is 1. The third kappa shape index (κ3) is 4.31. The number of hydrogen-bond acceptors (Lipinski definition) is 4. The van der Waals surface area contributed by atoms with Crippen LogP contribution in [0, 0.1) is 0 Å². The van der Waals surface area contributed by atoms with E-state index < -0.39 is 36.9 Å². The molecule has 0 aromatic carbocycles. The molecule has 0 radical (unpaired) electrons. The summed E-state index contributed by atoms with van der Waals surface area (Å²) in [5, 5.41) is 11.5. The van der Waals surface area contributed by atoms with E-state index in [9.17, 15) is 9.59 Å². The van der Waals surface area contributed by atoms with E-state index in [-0.39, 0.29) is 18.1 Å². The van der Waals surface area contributed by atoms with Crippen LogP contribution in [0.4, 0.5) is 0 Å². The summed E-state index contributed by atoms with van der Waals surface area (Å²) >= 11 is 0. The first-order chi connectivity index (χ1) is 10.6. The molecule has 0 spiro atoms. The Morgan fingerprint density at radius 2 is 2.25 bits per heavy atom. The highest BCUT2D eigenvalue weighted by atomic mass is 16.5. The molecule has 0 aromatic heterocycles. The highest BCUT2D eigenvalue weighted by Gasteiger charge is 2.35. The van der Waals surface area contributed by atoms with Gasteiger partial charge < -0.3 is 20.9 Å². The Labute approximate surface area is 123 Å². The molecule has 4 N–H and O–H groups in total. The summed E-state index contributed by atoms with van der Waals surface area (Å²) in [6.07, 6.45) is 1.94. The highest BCUT2D eigenvalue weighted by molar-refractivity contribution is 5.87. The molecule has 3 atom stereocenters. The molecule has 0 unspecified atom stereocenters. The van der Waals surface area contributed by atoms with Gasteiger partial charge in [0, 0.05) is 22.6 Å². The van der Waals surface area contributed by atoms with Gasteiger partial charge in [0.25, 0.3) is 0 Å². The molecule has 6 nitrogen and oxygen atoms in total. The lowest BCUT2D eigenvalue weighted by Crippen LogP contribution is -2.57. The lowest BCUT2D eigenvalue weighted by molar-refractivity contribution is -0.133. The molecule has 20 heavy (non-hydrogen) atoms. The Morgan fingerprint density at radius 3 is 2.75 bits per heavy atom. The quantitative estimate of drug-likeness (QED) is 0.671. The Kier molecular flexibility index (Phi) is 4.57. The molecule has 0 aliphatic heterocycles. The third-order valence-corrected chi connectivity index (χ3v) is 3.47. The number of carboxylic acids is 1. The van der Waals surface area contributed by atoms with Crippen LogP contribution < -0.4 is 11.1 Å². The minimum absolute atomic E-state index is 0.0318. The monoisotopic (exact) mass is 287 g/mol. The van der Waals surface area contributed by atoms with Gasteiger partial charge in [-0.25, -0.2) is 4.79 Å². The molecule has 0 heterocycles. The highest BCUT2D eigenvalue weighted by Crippen LogP contribution is 2.23. The number of carboxylic acid groups (broad SMARTS) is 1. The maximum absolute atomic E-state index is 11.7. The van der Waals surface area contributed by atoms with Crippen LogP contribution in [0.1, 0.15) is 44.1 Å². The van der Waals surface area contributed by atoms with E-state index in [4.69, 9.17) is 19.7 Å². The van der Waals surface area contributed by atoms with Crippen LogP contribution in [0.5, 0.6) is 0 Å². The van der Waals surface area contributed by atoms with E-state index in [1.54, 1.807) is 0 Å². The predicted molar refractivity (Wildman–Crippen MR) is 75.2 cm³/mol. The second-order valence-corrected chi connectivity index (χ2v) is 4.90. The van der Waals surface area contributed by atoms with Crippen molar-refractivity contribution in [1.82, 2.24) is 5.32 Å². The first kappa shape index (κ1) is 12.3. The standard InChI is InChI=1S/C14H24N2O4/c1-4-10(5-2)20-12-7-9(14(18)19)6-11(15)13(12)16-8(3)17/h7,10-13H,4-6,15H2,1-3H3,(H,16,17)(H,18,19)/t11-,12+,13+/m0/s1/i3D3. The number of carbonyl (C=O) groups is 2. The molecule has 1 rings (SSSR count). The van der Waals surface area contributed by atoms with Crippen molar-refractivity contribution < 1.29 is 23.5 Å². The van der Waals surface area contributed by atoms with Gasteiger partial charge in [-0.3, -0.25) is 4.79 Å².